The fraction of sp³-hybridized carbons (Fsp3) is 0.0714. The zero-order chi connectivity index (χ0) is 15.6. The van der Waals surface area contributed by atoms with E-state index >= 15 is 0 Å². The second-order valence-corrected chi connectivity index (χ2v) is 4.61. The molecule has 2 aromatic rings. The van der Waals surface area contributed by atoms with Crippen LogP contribution in [0.15, 0.2) is 30.3 Å². The average molecular weight is 316 g/mol. The fourth-order valence-corrected chi connectivity index (χ4v) is 1.94. The number of anilines is 1. The molecular weight excluding hydrogens is 307 g/mol. The van der Waals surface area contributed by atoms with Gasteiger partial charge in [-0.25, -0.2) is 18.0 Å². The van der Waals surface area contributed by atoms with Gasteiger partial charge in [0.1, 0.15) is 17.5 Å². The first-order valence-electron chi connectivity index (χ1n) is 5.78. The number of aromatic carboxylic acids is 1. The third-order valence-corrected chi connectivity index (χ3v) is 3.12. The molecule has 0 aliphatic carbocycles. The highest BCUT2D eigenvalue weighted by Gasteiger charge is 2.15. The largest absolute Gasteiger partial charge is 0.478 e. The Labute approximate surface area is 123 Å². The van der Waals surface area contributed by atoms with E-state index in [9.17, 15) is 18.0 Å². The number of rotatable bonds is 4. The lowest BCUT2D eigenvalue weighted by Gasteiger charge is -2.10. The van der Waals surface area contributed by atoms with Gasteiger partial charge in [-0.15, -0.1) is 0 Å². The number of benzene rings is 2. The predicted molar refractivity (Wildman–Crippen MR) is 72.1 cm³/mol. The molecule has 3 nitrogen and oxygen atoms in total. The minimum atomic E-state index is -1.50. The van der Waals surface area contributed by atoms with E-state index in [1.165, 1.54) is 12.1 Å². The lowest BCUT2D eigenvalue weighted by molar-refractivity contribution is 0.0692. The SMILES string of the molecule is O=C(O)c1cc(NCc2ccc(F)cc2Cl)c(F)cc1F. The van der Waals surface area contributed by atoms with Gasteiger partial charge in [0.05, 0.1) is 11.3 Å². The molecule has 0 atom stereocenters. The van der Waals surface area contributed by atoms with Gasteiger partial charge >= 0.3 is 5.97 Å². The Kier molecular flexibility index (Phi) is 4.37. The Morgan fingerprint density at radius 1 is 1.14 bits per heavy atom. The average Bonchev–Trinajstić information content (AvgIpc) is 2.39. The highest BCUT2D eigenvalue weighted by atomic mass is 35.5. The highest BCUT2D eigenvalue weighted by Crippen LogP contribution is 2.22. The normalized spacial score (nSPS) is 10.5. The third-order valence-electron chi connectivity index (χ3n) is 2.77. The van der Waals surface area contributed by atoms with Gasteiger partial charge in [-0.3, -0.25) is 0 Å². The first-order valence-corrected chi connectivity index (χ1v) is 6.16. The summed E-state index contributed by atoms with van der Waals surface area (Å²) in [6, 6.07) is 5.03. The topological polar surface area (TPSA) is 49.3 Å². The van der Waals surface area contributed by atoms with Crippen LogP contribution in [0.2, 0.25) is 5.02 Å². The summed E-state index contributed by atoms with van der Waals surface area (Å²) in [5.74, 6) is -4.11. The molecule has 2 aromatic carbocycles. The molecule has 0 heterocycles. The van der Waals surface area contributed by atoms with Gasteiger partial charge in [-0.05, 0) is 23.8 Å². The molecule has 2 N–H and O–H groups in total. The predicted octanol–water partition coefficient (Wildman–Crippen LogP) is 4.07. The molecule has 0 bridgehead atoms. The maximum absolute atomic E-state index is 13.6. The number of hydrogen-bond acceptors (Lipinski definition) is 2. The van der Waals surface area contributed by atoms with Crippen LogP contribution in [-0.4, -0.2) is 11.1 Å². The fourth-order valence-electron chi connectivity index (χ4n) is 1.70. The Balaban J connectivity index is 2.23. The van der Waals surface area contributed by atoms with Gasteiger partial charge in [0.25, 0.3) is 0 Å². The minimum absolute atomic E-state index is 0.0285. The Morgan fingerprint density at radius 2 is 1.86 bits per heavy atom. The van der Waals surface area contributed by atoms with Crippen LogP contribution in [0.5, 0.6) is 0 Å². The van der Waals surface area contributed by atoms with E-state index in [-0.39, 0.29) is 17.3 Å². The van der Waals surface area contributed by atoms with Crippen molar-refractivity contribution in [3.8, 4) is 0 Å². The van der Waals surface area contributed by atoms with E-state index in [1.807, 2.05) is 0 Å². The molecule has 2 rings (SSSR count). The number of hydrogen-bond donors (Lipinski definition) is 2. The van der Waals surface area contributed by atoms with Gasteiger partial charge in [-0.2, -0.15) is 0 Å². The van der Waals surface area contributed by atoms with Gasteiger partial charge in [-0.1, -0.05) is 17.7 Å². The van der Waals surface area contributed by atoms with E-state index in [4.69, 9.17) is 16.7 Å². The number of carboxylic acid groups (broad SMARTS) is 1. The van der Waals surface area contributed by atoms with Crippen molar-refractivity contribution >= 4 is 23.3 Å². The zero-order valence-electron chi connectivity index (χ0n) is 10.5. The van der Waals surface area contributed by atoms with E-state index in [0.29, 0.717) is 11.6 Å². The quantitative estimate of drug-likeness (QED) is 0.894. The molecule has 0 saturated carbocycles. The molecule has 0 aliphatic heterocycles. The van der Waals surface area contributed by atoms with Crippen molar-refractivity contribution < 1.29 is 23.1 Å². The molecule has 0 fully saturated rings. The van der Waals surface area contributed by atoms with Crippen LogP contribution in [0, 0.1) is 17.5 Å². The molecule has 0 spiro atoms. The number of nitrogens with one attached hydrogen (secondary N) is 1. The molecule has 0 aliphatic rings. The summed E-state index contributed by atoms with van der Waals surface area (Å²) in [5.41, 5.74) is -0.350. The van der Waals surface area contributed by atoms with Crippen LogP contribution >= 0.6 is 11.6 Å². The van der Waals surface area contributed by atoms with E-state index in [0.717, 1.165) is 12.1 Å². The molecule has 21 heavy (non-hydrogen) atoms. The Bertz CT molecular complexity index is 707. The maximum Gasteiger partial charge on any atom is 0.338 e. The standard InChI is InChI=1S/C14H9ClF3NO2/c15-10-3-8(16)2-1-7(10)6-19-13-4-9(14(20)21)11(17)5-12(13)18/h1-5,19H,6H2,(H,20,21). The maximum atomic E-state index is 13.6. The summed E-state index contributed by atoms with van der Waals surface area (Å²) in [6.45, 7) is 0.0285. The van der Waals surface area contributed by atoms with Crippen LogP contribution in [0.25, 0.3) is 0 Å². The van der Waals surface area contributed by atoms with Crippen molar-refractivity contribution in [1.29, 1.82) is 0 Å². The number of carboxylic acids is 1. The second kappa shape index (κ2) is 6.05. The molecule has 0 amide bonds. The van der Waals surface area contributed by atoms with Crippen LogP contribution in [0.1, 0.15) is 15.9 Å². The minimum Gasteiger partial charge on any atom is -0.478 e. The van der Waals surface area contributed by atoms with Gasteiger partial charge < -0.3 is 10.4 Å². The molecule has 110 valence electrons. The van der Waals surface area contributed by atoms with Crippen molar-refractivity contribution in [1.82, 2.24) is 0 Å². The van der Waals surface area contributed by atoms with Crippen LogP contribution in [0.4, 0.5) is 18.9 Å². The summed E-state index contributed by atoms with van der Waals surface area (Å²) in [5, 5.41) is 11.5. The highest BCUT2D eigenvalue weighted by molar-refractivity contribution is 6.31. The van der Waals surface area contributed by atoms with Gasteiger partial charge in [0.15, 0.2) is 0 Å². The molecule has 0 unspecified atom stereocenters. The van der Waals surface area contributed by atoms with Crippen molar-refractivity contribution in [2.45, 2.75) is 6.54 Å². The summed E-state index contributed by atoms with van der Waals surface area (Å²) < 4.78 is 39.7. The van der Waals surface area contributed by atoms with Crippen molar-refractivity contribution in [2.24, 2.45) is 0 Å². The molecule has 0 saturated heterocycles. The molecule has 7 heteroatoms. The van der Waals surface area contributed by atoms with Crippen LogP contribution < -0.4 is 5.32 Å². The van der Waals surface area contributed by atoms with Crippen molar-refractivity contribution in [3.05, 3.63) is 63.9 Å². The van der Waals surface area contributed by atoms with Gasteiger partial charge in [0.2, 0.25) is 0 Å². The molecular formula is C14H9ClF3NO2. The number of halogens is 4. The summed E-state index contributed by atoms with van der Waals surface area (Å²) in [4.78, 5) is 10.8. The van der Waals surface area contributed by atoms with E-state index in [1.54, 1.807) is 0 Å². The smallest absolute Gasteiger partial charge is 0.338 e. The van der Waals surface area contributed by atoms with Crippen LogP contribution in [-0.2, 0) is 6.54 Å². The van der Waals surface area contributed by atoms with Gasteiger partial charge in [0, 0.05) is 17.6 Å². The first kappa shape index (κ1) is 15.2. The monoisotopic (exact) mass is 315 g/mol. The van der Waals surface area contributed by atoms with Crippen molar-refractivity contribution in [2.75, 3.05) is 5.32 Å². The molecule has 0 radical (unpaired) electrons. The molecule has 0 aromatic heterocycles. The lowest BCUT2D eigenvalue weighted by Crippen LogP contribution is -2.07. The van der Waals surface area contributed by atoms with E-state index in [2.05, 4.69) is 5.32 Å². The second-order valence-electron chi connectivity index (χ2n) is 4.21. The third kappa shape index (κ3) is 3.46. The Hall–Kier alpha value is -2.21. The lowest BCUT2D eigenvalue weighted by atomic mass is 10.1. The van der Waals surface area contributed by atoms with Crippen LogP contribution in [0.3, 0.4) is 0 Å². The van der Waals surface area contributed by atoms with Crippen molar-refractivity contribution in [3.63, 3.8) is 0 Å². The summed E-state index contributed by atoms with van der Waals surface area (Å²) in [6.07, 6.45) is 0. The zero-order valence-corrected chi connectivity index (χ0v) is 11.2. The number of carbonyl (C=O) groups is 1. The van der Waals surface area contributed by atoms with E-state index < -0.39 is 29.0 Å². The Morgan fingerprint density at radius 3 is 2.48 bits per heavy atom. The summed E-state index contributed by atoms with van der Waals surface area (Å²) in [7, 11) is 0. The summed E-state index contributed by atoms with van der Waals surface area (Å²) >= 11 is 5.81. The first-order chi connectivity index (χ1) is 9.88.